The SMILES string of the molecule is CCN(CC)S(=O)(=O)c1ccc2c(c1)nc(CCC(=O)N1CCOCC1(C)C)n2CC. The highest BCUT2D eigenvalue weighted by Gasteiger charge is 2.33. The van der Waals surface area contributed by atoms with E-state index in [0.29, 0.717) is 57.8 Å². The molecule has 1 aliphatic heterocycles. The minimum absolute atomic E-state index is 0.0906. The van der Waals surface area contributed by atoms with Crippen molar-refractivity contribution in [1.29, 1.82) is 0 Å². The lowest BCUT2D eigenvalue weighted by Gasteiger charge is -2.42. The third-order valence-electron chi connectivity index (χ3n) is 5.97. The summed E-state index contributed by atoms with van der Waals surface area (Å²) in [6, 6.07) is 5.11. The number of sulfonamides is 1. The van der Waals surface area contributed by atoms with Gasteiger partial charge < -0.3 is 14.2 Å². The van der Waals surface area contributed by atoms with E-state index in [1.807, 2.05) is 45.6 Å². The number of hydrogen-bond donors (Lipinski definition) is 0. The molecule has 1 saturated heterocycles. The number of rotatable bonds is 8. The van der Waals surface area contributed by atoms with Crippen LogP contribution < -0.4 is 0 Å². The van der Waals surface area contributed by atoms with Gasteiger partial charge in [0.2, 0.25) is 15.9 Å². The van der Waals surface area contributed by atoms with E-state index in [1.54, 1.807) is 12.1 Å². The zero-order chi connectivity index (χ0) is 22.8. The topological polar surface area (TPSA) is 84.7 Å². The molecule has 1 aromatic carbocycles. The summed E-state index contributed by atoms with van der Waals surface area (Å²) < 4.78 is 34.8. The van der Waals surface area contributed by atoms with E-state index in [4.69, 9.17) is 9.72 Å². The Labute approximate surface area is 185 Å². The van der Waals surface area contributed by atoms with Crippen LogP contribution in [0, 0.1) is 0 Å². The van der Waals surface area contributed by atoms with E-state index in [1.165, 1.54) is 4.31 Å². The highest BCUT2D eigenvalue weighted by molar-refractivity contribution is 7.89. The van der Waals surface area contributed by atoms with Crippen molar-refractivity contribution in [2.75, 3.05) is 32.8 Å². The van der Waals surface area contributed by atoms with Crippen molar-refractivity contribution in [2.24, 2.45) is 0 Å². The Kier molecular flexibility index (Phi) is 7.08. The Morgan fingerprint density at radius 2 is 1.94 bits per heavy atom. The average Bonchev–Trinajstić information content (AvgIpc) is 3.09. The summed E-state index contributed by atoms with van der Waals surface area (Å²) in [6.07, 6.45) is 0.865. The largest absolute Gasteiger partial charge is 0.377 e. The molecular weight excluding hydrogens is 416 g/mol. The fraction of sp³-hybridized carbons (Fsp3) is 0.636. The van der Waals surface area contributed by atoms with Gasteiger partial charge in [-0.15, -0.1) is 0 Å². The summed E-state index contributed by atoms with van der Waals surface area (Å²) >= 11 is 0. The molecule has 0 bridgehead atoms. The van der Waals surface area contributed by atoms with Gasteiger partial charge in [0.25, 0.3) is 0 Å². The number of morpholine rings is 1. The maximum Gasteiger partial charge on any atom is 0.243 e. The lowest BCUT2D eigenvalue weighted by atomic mass is 10.0. The Balaban J connectivity index is 1.85. The number of carbonyl (C=O) groups is 1. The van der Waals surface area contributed by atoms with Gasteiger partial charge in [-0.1, -0.05) is 13.8 Å². The molecule has 2 heterocycles. The minimum Gasteiger partial charge on any atom is -0.377 e. The second-order valence-electron chi connectivity index (χ2n) is 8.42. The van der Waals surface area contributed by atoms with Gasteiger partial charge in [-0.3, -0.25) is 4.79 Å². The summed E-state index contributed by atoms with van der Waals surface area (Å²) in [4.78, 5) is 19.7. The fourth-order valence-corrected chi connectivity index (χ4v) is 5.73. The lowest BCUT2D eigenvalue weighted by molar-refractivity contribution is -0.146. The molecule has 0 atom stereocenters. The van der Waals surface area contributed by atoms with Gasteiger partial charge in [-0.2, -0.15) is 4.31 Å². The highest BCUT2D eigenvalue weighted by Crippen LogP contribution is 2.25. The second-order valence-corrected chi connectivity index (χ2v) is 10.4. The number of hydrogen-bond acceptors (Lipinski definition) is 5. The van der Waals surface area contributed by atoms with Crippen LogP contribution >= 0.6 is 0 Å². The number of benzene rings is 1. The third-order valence-corrected chi connectivity index (χ3v) is 8.01. The molecular formula is C22H34N4O4S. The normalized spacial score (nSPS) is 16.9. The Morgan fingerprint density at radius 3 is 2.55 bits per heavy atom. The van der Waals surface area contributed by atoms with Crippen molar-refractivity contribution in [3.05, 3.63) is 24.0 Å². The predicted octanol–water partition coefficient (Wildman–Crippen LogP) is 2.66. The van der Waals surface area contributed by atoms with Crippen LogP contribution in [0.4, 0.5) is 0 Å². The van der Waals surface area contributed by atoms with E-state index >= 15 is 0 Å². The number of fused-ring (bicyclic) bond motifs is 1. The maximum absolute atomic E-state index is 12.9. The van der Waals surface area contributed by atoms with Crippen molar-refractivity contribution in [3.63, 3.8) is 0 Å². The molecule has 0 saturated carbocycles. The van der Waals surface area contributed by atoms with Crippen LogP contribution in [-0.2, 0) is 32.5 Å². The number of amides is 1. The summed E-state index contributed by atoms with van der Waals surface area (Å²) in [7, 11) is -3.54. The Morgan fingerprint density at radius 1 is 1.23 bits per heavy atom. The minimum atomic E-state index is -3.54. The zero-order valence-electron chi connectivity index (χ0n) is 19.2. The van der Waals surface area contributed by atoms with E-state index in [0.717, 1.165) is 11.3 Å². The van der Waals surface area contributed by atoms with E-state index in [9.17, 15) is 13.2 Å². The van der Waals surface area contributed by atoms with Gasteiger partial charge in [0.15, 0.2) is 0 Å². The summed E-state index contributed by atoms with van der Waals surface area (Å²) in [5.74, 6) is 0.891. The van der Waals surface area contributed by atoms with Gasteiger partial charge in [0.1, 0.15) is 5.82 Å². The molecule has 8 nitrogen and oxygen atoms in total. The molecule has 31 heavy (non-hydrogen) atoms. The maximum atomic E-state index is 12.9. The van der Waals surface area contributed by atoms with Crippen LogP contribution in [0.25, 0.3) is 11.0 Å². The number of aromatic nitrogens is 2. The molecule has 0 spiro atoms. The summed E-state index contributed by atoms with van der Waals surface area (Å²) in [5.41, 5.74) is 1.22. The third kappa shape index (κ3) is 4.63. The monoisotopic (exact) mass is 450 g/mol. The van der Waals surface area contributed by atoms with Crippen LogP contribution in [0.1, 0.15) is 46.9 Å². The molecule has 0 unspecified atom stereocenters. The van der Waals surface area contributed by atoms with Crippen molar-refractivity contribution >= 4 is 27.0 Å². The first kappa shape index (κ1) is 23.7. The van der Waals surface area contributed by atoms with E-state index < -0.39 is 10.0 Å². The molecule has 2 aromatic rings. The number of nitrogens with zero attached hydrogens (tertiary/aromatic N) is 4. The fourth-order valence-electron chi connectivity index (χ4n) is 4.25. The summed E-state index contributed by atoms with van der Waals surface area (Å²) in [6.45, 7) is 13.0. The van der Waals surface area contributed by atoms with Crippen LogP contribution in [-0.4, -0.2) is 71.5 Å². The molecule has 172 valence electrons. The van der Waals surface area contributed by atoms with Gasteiger partial charge in [-0.05, 0) is 39.0 Å². The quantitative estimate of drug-likeness (QED) is 0.617. The number of carbonyl (C=O) groups excluding carboxylic acids is 1. The first-order valence-electron chi connectivity index (χ1n) is 11.0. The van der Waals surface area contributed by atoms with Crippen LogP contribution in [0.2, 0.25) is 0 Å². The van der Waals surface area contributed by atoms with Gasteiger partial charge >= 0.3 is 0 Å². The molecule has 1 aliphatic rings. The van der Waals surface area contributed by atoms with E-state index in [2.05, 4.69) is 4.57 Å². The van der Waals surface area contributed by atoms with Gasteiger partial charge in [0, 0.05) is 39.0 Å². The number of aryl methyl sites for hydroxylation is 2. The molecule has 0 N–H and O–H groups in total. The standard InChI is InChI=1S/C22H34N4O4S/c1-6-24(7-2)31(28,29)17-9-10-19-18(15-17)23-20(25(19)8-3)11-12-21(27)26-13-14-30-16-22(26,4)5/h9-10,15H,6-8,11-14,16H2,1-5H3. The Hall–Kier alpha value is -1.97. The van der Waals surface area contributed by atoms with Crippen molar-refractivity contribution in [2.45, 2.75) is 64.4 Å². The molecule has 0 aliphatic carbocycles. The molecule has 3 rings (SSSR count). The average molecular weight is 451 g/mol. The molecule has 9 heteroatoms. The van der Waals surface area contributed by atoms with Gasteiger partial charge in [-0.25, -0.2) is 13.4 Å². The molecule has 1 aromatic heterocycles. The van der Waals surface area contributed by atoms with Gasteiger partial charge in [0.05, 0.1) is 34.7 Å². The number of ether oxygens (including phenoxy) is 1. The molecule has 0 radical (unpaired) electrons. The lowest BCUT2D eigenvalue weighted by Crippen LogP contribution is -2.55. The van der Waals surface area contributed by atoms with Crippen LogP contribution in [0.5, 0.6) is 0 Å². The molecule has 1 fully saturated rings. The number of imidazole rings is 1. The van der Waals surface area contributed by atoms with Crippen molar-refractivity contribution < 1.29 is 17.9 Å². The van der Waals surface area contributed by atoms with Crippen molar-refractivity contribution in [1.82, 2.24) is 18.8 Å². The first-order chi connectivity index (χ1) is 14.7. The van der Waals surface area contributed by atoms with Crippen LogP contribution in [0.3, 0.4) is 0 Å². The summed E-state index contributed by atoms with van der Waals surface area (Å²) in [5, 5.41) is 0. The highest BCUT2D eigenvalue weighted by atomic mass is 32.2. The predicted molar refractivity (Wildman–Crippen MR) is 120 cm³/mol. The smallest absolute Gasteiger partial charge is 0.243 e. The first-order valence-corrected chi connectivity index (χ1v) is 12.5. The van der Waals surface area contributed by atoms with Crippen LogP contribution in [0.15, 0.2) is 23.1 Å². The van der Waals surface area contributed by atoms with Crippen molar-refractivity contribution in [3.8, 4) is 0 Å². The molecule has 1 amide bonds. The van der Waals surface area contributed by atoms with E-state index in [-0.39, 0.29) is 16.3 Å². The second kappa shape index (κ2) is 9.26. The zero-order valence-corrected chi connectivity index (χ0v) is 20.0. The Bertz CT molecular complexity index is 1040.